The summed E-state index contributed by atoms with van der Waals surface area (Å²) in [6.07, 6.45) is 5.00. The first-order valence-corrected chi connectivity index (χ1v) is 15.9. The van der Waals surface area contributed by atoms with Crippen molar-refractivity contribution in [2.75, 3.05) is 0 Å². The van der Waals surface area contributed by atoms with E-state index in [1.165, 1.54) is 38.9 Å². The minimum atomic E-state index is -1.84. The van der Waals surface area contributed by atoms with Crippen LogP contribution in [-0.2, 0) is 10.5 Å². The lowest BCUT2D eigenvalue weighted by Crippen LogP contribution is -2.62. The Morgan fingerprint density at radius 3 is 1.79 bits per heavy atom. The maximum atomic E-state index is 2.60. The van der Waals surface area contributed by atoms with E-state index in [-0.39, 0.29) is 16.4 Å². The molecule has 6 rings (SSSR count). The van der Waals surface area contributed by atoms with Crippen molar-refractivity contribution < 1.29 is 0 Å². The third kappa shape index (κ3) is 2.65. The Hall–Kier alpha value is -3.16. The maximum Gasteiger partial charge on any atom is 0.0616 e. The van der Waals surface area contributed by atoms with E-state index in [0.717, 1.165) is 0 Å². The van der Waals surface area contributed by atoms with Gasteiger partial charge in [-0.05, 0) is 38.9 Å². The normalized spacial score (nSPS) is 20.5. The van der Waals surface area contributed by atoms with E-state index in [0.29, 0.717) is 0 Å². The van der Waals surface area contributed by atoms with Gasteiger partial charge in [-0.2, -0.15) is 0 Å². The minimum Gasteiger partial charge on any atom is -0.0752 e. The van der Waals surface area contributed by atoms with Crippen LogP contribution in [0, 0.1) is 0 Å². The highest BCUT2D eigenvalue weighted by molar-refractivity contribution is 6.80. The summed E-state index contributed by atoms with van der Waals surface area (Å²) < 4.78 is 0. The molecule has 0 saturated carbocycles. The van der Waals surface area contributed by atoms with Gasteiger partial charge in [-0.15, -0.1) is 0 Å². The number of fused-ring (bicyclic) bond motifs is 4. The summed E-state index contributed by atoms with van der Waals surface area (Å²) in [5, 5.41) is -0.0623. The molecule has 0 N–H and O–H groups in total. The summed E-state index contributed by atoms with van der Waals surface area (Å²) in [4.78, 5) is 0. The van der Waals surface area contributed by atoms with Crippen molar-refractivity contribution in [3.05, 3.63) is 137 Å². The SMILES string of the molecule is CC(c1ccccc1)(C1c2ccccc2-c2ccccc21)C1([Si](C)(C)C)C=Cc2ccccc21. The molecule has 4 aromatic carbocycles. The van der Waals surface area contributed by atoms with Crippen LogP contribution >= 0.6 is 0 Å². The molecule has 1 heteroatoms. The van der Waals surface area contributed by atoms with Gasteiger partial charge >= 0.3 is 0 Å². The van der Waals surface area contributed by atoms with Crippen molar-refractivity contribution in [3.63, 3.8) is 0 Å². The highest BCUT2D eigenvalue weighted by Gasteiger charge is 2.62. The largest absolute Gasteiger partial charge is 0.0752 e. The molecule has 2 unspecified atom stereocenters. The molecular weight excluding hydrogens is 424 g/mol. The fourth-order valence-electron chi connectivity index (χ4n) is 7.38. The Morgan fingerprint density at radius 1 is 0.647 bits per heavy atom. The van der Waals surface area contributed by atoms with E-state index in [1.807, 2.05) is 0 Å². The number of hydrogen-bond donors (Lipinski definition) is 0. The molecule has 2 aliphatic carbocycles. The summed E-state index contributed by atoms with van der Waals surface area (Å²) in [7, 11) is -1.84. The van der Waals surface area contributed by atoms with Crippen LogP contribution in [0.3, 0.4) is 0 Å². The van der Waals surface area contributed by atoms with Crippen molar-refractivity contribution in [2.45, 2.75) is 42.9 Å². The third-order valence-electron chi connectivity index (χ3n) is 8.69. The van der Waals surface area contributed by atoms with E-state index < -0.39 is 8.07 Å². The summed E-state index contributed by atoms with van der Waals surface area (Å²) in [6.45, 7) is 10.3. The van der Waals surface area contributed by atoms with Crippen molar-refractivity contribution in [1.82, 2.24) is 0 Å². The Kier molecular flexibility index (Phi) is 4.66. The van der Waals surface area contributed by atoms with Crippen LogP contribution in [0.25, 0.3) is 17.2 Å². The Balaban J connectivity index is 1.76. The number of hydrogen-bond acceptors (Lipinski definition) is 0. The number of benzene rings is 4. The molecule has 0 aliphatic heterocycles. The zero-order chi connectivity index (χ0) is 23.6. The smallest absolute Gasteiger partial charge is 0.0616 e. The van der Waals surface area contributed by atoms with Gasteiger partial charge in [-0.1, -0.05) is 142 Å². The highest BCUT2D eigenvalue weighted by Crippen LogP contribution is 2.64. The number of allylic oxidation sites excluding steroid dienone is 1. The summed E-state index contributed by atoms with van der Waals surface area (Å²) in [6, 6.07) is 38.7. The van der Waals surface area contributed by atoms with E-state index in [4.69, 9.17) is 0 Å². The molecule has 0 heterocycles. The topological polar surface area (TPSA) is 0 Å². The standard InChI is InChI=1S/C33H32Si/c1-32(25-15-6-5-7-16-25,33(34(2,3)4)23-22-24-14-8-13-21-30(24)33)31-28-19-11-9-17-26(28)27-18-10-12-20-29(27)31/h5-23,31H,1-4H3. The molecule has 4 aromatic rings. The van der Waals surface area contributed by atoms with Gasteiger partial charge < -0.3 is 0 Å². The van der Waals surface area contributed by atoms with Crippen LogP contribution in [0.15, 0.2) is 109 Å². The Bertz CT molecular complexity index is 1360. The fraction of sp³-hybridized carbons (Fsp3) is 0.212. The second-order valence-corrected chi connectivity index (χ2v) is 16.4. The predicted molar refractivity (Wildman–Crippen MR) is 148 cm³/mol. The summed E-state index contributed by atoms with van der Waals surface area (Å²) in [5.74, 6) is 0.268. The van der Waals surface area contributed by atoms with Gasteiger partial charge in [0.05, 0.1) is 8.07 Å². The average molecular weight is 457 g/mol. The highest BCUT2D eigenvalue weighted by atomic mass is 28.3. The van der Waals surface area contributed by atoms with Crippen molar-refractivity contribution in [3.8, 4) is 11.1 Å². The van der Waals surface area contributed by atoms with Gasteiger partial charge in [0.15, 0.2) is 0 Å². The predicted octanol–water partition coefficient (Wildman–Crippen LogP) is 8.60. The molecule has 0 aromatic heterocycles. The molecule has 0 saturated heterocycles. The molecule has 0 radical (unpaired) electrons. The molecule has 168 valence electrons. The van der Waals surface area contributed by atoms with E-state index in [9.17, 15) is 0 Å². The van der Waals surface area contributed by atoms with Crippen molar-refractivity contribution in [2.24, 2.45) is 0 Å². The Labute approximate surface area is 205 Å². The lowest BCUT2D eigenvalue weighted by atomic mass is 9.59. The van der Waals surface area contributed by atoms with Crippen LogP contribution in [0.5, 0.6) is 0 Å². The zero-order valence-electron chi connectivity index (χ0n) is 20.5. The van der Waals surface area contributed by atoms with Crippen LogP contribution in [0.4, 0.5) is 0 Å². The summed E-state index contributed by atoms with van der Waals surface area (Å²) >= 11 is 0. The second-order valence-electron chi connectivity index (χ2n) is 11.2. The zero-order valence-corrected chi connectivity index (χ0v) is 21.5. The van der Waals surface area contributed by atoms with Gasteiger partial charge in [0.1, 0.15) is 0 Å². The minimum absolute atomic E-state index is 0.0623. The molecule has 2 atom stereocenters. The van der Waals surface area contributed by atoms with Crippen LogP contribution in [0.2, 0.25) is 19.6 Å². The van der Waals surface area contributed by atoms with E-state index in [2.05, 4.69) is 142 Å². The third-order valence-corrected chi connectivity index (χ3v) is 12.0. The van der Waals surface area contributed by atoms with Gasteiger partial charge in [-0.3, -0.25) is 0 Å². The summed E-state index contributed by atoms with van der Waals surface area (Å²) in [5.41, 5.74) is 9.86. The Morgan fingerprint density at radius 2 is 1.18 bits per heavy atom. The number of rotatable bonds is 4. The lowest BCUT2D eigenvalue weighted by Gasteiger charge is -2.57. The molecule has 34 heavy (non-hydrogen) atoms. The monoisotopic (exact) mass is 456 g/mol. The van der Waals surface area contributed by atoms with Crippen molar-refractivity contribution in [1.29, 1.82) is 0 Å². The second kappa shape index (κ2) is 7.42. The van der Waals surface area contributed by atoms with E-state index in [1.54, 1.807) is 0 Å². The first-order chi connectivity index (χ1) is 16.4. The van der Waals surface area contributed by atoms with Crippen molar-refractivity contribution >= 4 is 14.1 Å². The lowest BCUT2D eigenvalue weighted by molar-refractivity contribution is 0.333. The first kappa shape index (κ1) is 21.4. The molecular formula is C33H32Si. The average Bonchev–Trinajstić information content (AvgIpc) is 3.42. The molecule has 0 spiro atoms. The van der Waals surface area contributed by atoms with Crippen LogP contribution < -0.4 is 0 Å². The van der Waals surface area contributed by atoms with Gasteiger partial charge in [-0.25, -0.2) is 0 Å². The van der Waals surface area contributed by atoms with Gasteiger partial charge in [0, 0.05) is 16.4 Å². The first-order valence-electron chi connectivity index (χ1n) is 12.4. The van der Waals surface area contributed by atoms with Crippen LogP contribution in [-0.4, -0.2) is 8.07 Å². The molecule has 0 nitrogen and oxygen atoms in total. The molecule has 0 bridgehead atoms. The van der Waals surface area contributed by atoms with Gasteiger partial charge in [0.2, 0.25) is 0 Å². The quantitative estimate of drug-likeness (QED) is 0.270. The molecule has 2 aliphatic rings. The molecule has 0 amide bonds. The molecule has 0 fully saturated rings. The van der Waals surface area contributed by atoms with Crippen LogP contribution in [0.1, 0.15) is 40.7 Å². The maximum absolute atomic E-state index is 2.60. The van der Waals surface area contributed by atoms with E-state index >= 15 is 0 Å². The fourth-order valence-corrected chi connectivity index (χ4v) is 10.8. The van der Waals surface area contributed by atoms with Gasteiger partial charge in [0.25, 0.3) is 0 Å².